The lowest BCUT2D eigenvalue weighted by Crippen LogP contribution is -2.40. The Morgan fingerprint density at radius 3 is 2.33 bits per heavy atom. The number of benzene rings is 1. The maximum atomic E-state index is 12.9. The van der Waals surface area contributed by atoms with E-state index < -0.39 is 29.4 Å². The van der Waals surface area contributed by atoms with Crippen molar-refractivity contribution in [2.24, 2.45) is 4.99 Å². The first kappa shape index (κ1) is 29.6. The van der Waals surface area contributed by atoms with E-state index in [1.807, 2.05) is 0 Å². The molecule has 0 atom stereocenters. The quantitative estimate of drug-likeness (QED) is 0.178. The highest BCUT2D eigenvalue weighted by molar-refractivity contribution is 6.06. The number of amides is 2. The van der Waals surface area contributed by atoms with E-state index in [9.17, 15) is 14.4 Å². The van der Waals surface area contributed by atoms with Crippen LogP contribution in [0.4, 0.5) is 15.3 Å². The summed E-state index contributed by atoms with van der Waals surface area (Å²) in [7, 11) is 0. The fraction of sp³-hybridized carbons (Fsp3) is 0.346. The van der Waals surface area contributed by atoms with Crippen LogP contribution in [0, 0.1) is 0 Å². The maximum absolute atomic E-state index is 12.9. The van der Waals surface area contributed by atoms with Gasteiger partial charge in [0.05, 0.1) is 17.7 Å². The van der Waals surface area contributed by atoms with Gasteiger partial charge in [-0.15, -0.1) is 15.2 Å². The van der Waals surface area contributed by atoms with E-state index >= 15 is 0 Å². The number of anilines is 1. The molecule has 3 N–H and O–H groups in total. The Bertz CT molecular complexity index is 1600. The molecule has 220 valence electrons. The number of aromatic amines is 1. The van der Waals surface area contributed by atoms with Crippen molar-refractivity contribution in [1.29, 1.82) is 0 Å². The molecule has 0 aliphatic heterocycles. The molecule has 0 unspecified atom stereocenters. The number of ether oxygens (including phenoxy) is 3. The van der Waals surface area contributed by atoms with Crippen molar-refractivity contribution < 1.29 is 28.6 Å². The minimum absolute atomic E-state index is 0.199. The van der Waals surface area contributed by atoms with Gasteiger partial charge in [-0.3, -0.25) is 5.32 Å². The van der Waals surface area contributed by atoms with Gasteiger partial charge < -0.3 is 19.5 Å². The van der Waals surface area contributed by atoms with Crippen LogP contribution in [0.25, 0.3) is 5.65 Å². The van der Waals surface area contributed by atoms with Crippen LogP contribution < -0.4 is 15.4 Å². The van der Waals surface area contributed by atoms with E-state index in [0.29, 0.717) is 29.3 Å². The zero-order chi connectivity index (χ0) is 30.5. The second-order valence-electron chi connectivity index (χ2n) is 10.8. The molecule has 16 nitrogen and oxygen atoms in total. The van der Waals surface area contributed by atoms with Crippen LogP contribution in [0.5, 0.6) is 5.75 Å². The molecule has 1 aromatic carbocycles. The average Bonchev–Trinajstić information content (AvgIpc) is 3.56. The Hall–Kier alpha value is -5.41. The summed E-state index contributed by atoms with van der Waals surface area (Å²) < 4.78 is 17.6. The topological polar surface area (TPSA) is 200 Å². The summed E-state index contributed by atoms with van der Waals surface area (Å²) in [6.45, 7) is 10.1. The summed E-state index contributed by atoms with van der Waals surface area (Å²) in [6.07, 6.45) is -0.0831. The van der Waals surface area contributed by atoms with Gasteiger partial charge >= 0.3 is 18.2 Å². The minimum atomic E-state index is -0.927. The normalized spacial score (nSPS) is 12.1. The molecule has 0 aliphatic carbocycles. The SMILES string of the molecule is CC(C)(C)OC(=O)/N=C(\NC(=O)OC(C)(C)C)Nc1ccc(C(=O)Oc2ccc(Cc3nn[nH]n3)n3ncnc23)cc1. The molecule has 4 aromatic rings. The van der Waals surface area contributed by atoms with Gasteiger partial charge in [0.25, 0.3) is 0 Å². The van der Waals surface area contributed by atoms with Crippen molar-refractivity contribution in [3.8, 4) is 5.75 Å². The number of fused-ring (bicyclic) bond motifs is 1. The number of H-pyrrole nitrogens is 1. The lowest BCUT2D eigenvalue weighted by molar-refractivity contribution is 0.0561. The highest BCUT2D eigenvalue weighted by Crippen LogP contribution is 2.22. The van der Waals surface area contributed by atoms with E-state index in [-0.39, 0.29) is 17.3 Å². The number of hydrogen-bond acceptors (Lipinski definition) is 11. The standard InChI is InChI=1S/C26H30N10O6/c1-25(2,3)41-23(38)30-22(31-24(39)42-26(4,5)6)29-16-9-7-15(8-10-16)21(37)40-18-12-11-17(13-19-32-34-35-33-19)36-20(18)27-14-28-36/h7-12,14H,13H2,1-6H3,(H,32,33,34,35)(H2,29,30,31,38,39). The first-order valence-corrected chi connectivity index (χ1v) is 12.7. The summed E-state index contributed by atoms with van der Waals surface area (Å²) >= 11 is 0. The zero-order valence-corrected chi connectivity index (χ0v) is 23.8. The Balaban J connectivity index is 1.47. The molecular weight excluding hydrogens is 548 g/mol. The fourth-order valence-corrected chi connectivity index (χ4v) is 3.42. The number of pyridine rings is 1. The molecule has 0 aliphatic rings. The summed E-state index contributed by atoms with van der Waals surface area (Å²) in [4.78, 5) is 45.5. The van der Waals surface area contributed by atoms with E-state index in [0.717, 1.165) is 0 Å². The van der Waals surface area contributed by atoms with Gasteiger partial charge in [0.2, 0.25) is 5.96 Å². The lowest BCUT2D eigenvalue weighted by Gasteiger charge is -2.21. The Labute approximate surface area is 239 Å². The third-order valence-electron chi connectivity index (χ3n) is 5.00. The molecule has 0 bridgehead atoms. The van der Waals surface area contributed by atoms with Gasteiger partial charge in [-0.25, -0.2) is 23.9 Å². The van der Waals surface area contributed by atoms with Crippen LogP contribution in [0.3, 0.4) is 0 Å². The van der Waals surface area contributed by atoms with Crippen LogP contribution in [0.15, 0.2) is 47.7 Å². The Morgan fingerprint density at radius 1 is 0.976 bits per heavy atom. The Morgan fingerprint density at radius 2 is 1.69 bits per heavy atom. The molecule has 2 amide bonds. The number of esters is 1. The van der Waals surface area contributed by atoms with Gasteiger partial charge in [0, 0.05) is 5.69 Å². The van der Waals surface area contributed by atoms with E-state index in [1.54, 1.807) is 65.8 Å². The number of alkyl carbamates (subject to hydrolysis) is 1. The molecule has 3 aromatic heterocycles. The zero-order valence-electron chi connectivity index (χ0n) is 23.8. The number of hydrogen-bond donors (Lipinski definition) is 3. The predicted molar refractivity (Wildman–Crippen MR) is 148 cm³/mol. The molecule has 16 heteroatoms. The van der Waals surface area contributed by atoms with Gasteiger partial charge in [-0.05, 0) is 77.9 Å². The molecule has 0 fully saturated rings. The molecule has 0 saturated carbocycles. The van der Waals surface area contributed by atoms with E-state index in [2.05, 4.69) is 46.3 Å². The summed E-state index contributed by atoms with van der Waals surface area (Å²) in [5.74, 6) is -0.216. The Kier molecular flexibility index (Phi) is 8.44. The van der Waals surface area contributed by atoms with Gasteiger partial charge in [-0.2, -0.15) is 10.3 Å². The number of guanidine groups is 1. The highest BCUT2D eigenvalue weighted by atomic mass is 16.6. The average molecular weight is 579 g/mol. The number of nitrogens with zero attached hydrogens (tertiary/aromatic N) is 7. The van der Waals surface area contributed by atoms with Crippen LogP contribution in [-0.4, -0.2) is 70.5 Å². The van der Waals surface area contributed by atoms with Gasteiger partial charge in [0.15, 0.2) is 17.2 Å². The molecule has 42 heavy (non-hydrogen) atoms. The van der Waals surface area contributed by atoms with Crippen LogP contribution in [-0.2, 0) is 15.9 Å². The second-order valence-corrected chi connectivity index (χ2v) is 10.8. The summed E-state index contributed by atoms with van der Waals surface area (Å²) in [5.41, 5.74) is 0.0827. The van der Waals surface area contributed by atoms with E-state index in [4.69, 9.17) is 14.2 Å². The number of aromatic nitrogens is 7. The van der Waals surface area contributed by atoms with Crippen LogP contribution >= 0.6 is 0 Å². The van der Waals surface area contributed by atoms with Crippen molar-refractivity contribution in [1.82, 2.24) is 40.5 Å². The van der Waals surface area contributed by atoms with Crippen molar-refractivity contribution in [3.63, 3.8) is 0 Å². The maximum Gasteiger partial charge on any atom is 0.437 e. The van der Waals surface area contributed by atoms with Crippen molar-refractivity contribution in [2.75, 3.05) is 5.32 Å². The molecular formula is C26H30N10O6. The molecule has 3 heterocycles. The molecule has 0 saturated heterocycles. The number of aliphatic imine (C=N–C) groups is 1. The molecule has 0 radical (unpaired) electrons. The first-order chi connectivity index (χ1) is 19.8. The smallest absolute Gasteiger partial charge is 0.437 e. The summed E-state index contributed by atoms with van der Waals surface area (Å²) in [6, 6.07) is 9.40. The third kappa shape index (κ3) is 8.30. The second kappa shape index (κ2) is 12.0. The monoisotopic (exact) mass is 578 g/mol. The number of rotatable bonds is 5. The first-order valence-electron chi connectivity index (χ1n) is 12.7. The van der Waals surface area contributed by atoms with Crippen molar-refractivity contribution in [3.05, 3.63) is 59.8 Å². The molecule has 0 spiro atoms. The number of carbonyl (C=O) groups is 3. The number of carbonyl (C=O) groups excluding carboxylic acids is 3. The van der Waals surface area contributed by atoms with Crippen molar-refractivity contribution in [2.45, 2.75) is 59.2 Å². The fourth-order valence-electron chi connectivity index (χ4n) is 3.42. The largest absolute Gasteiger partial charge is 0.444 e. The van der Waals surface area contributed by atoms with Gasteiger partial charge in [0.1, 0.15) is 17.5 Å². The van der Waals surface area contributed by atoms with Crippen LogP contribution in [0.1, 0.15) is 63.4 Å². The lowest BCUT2D eigenvalue weighted by atomic mass is 10.2. The number of tetrazole rings is 1. The predicted octanol–water partition coefficient (Wildman–Crippen LogP) is 3.28. The summed E-state index contributed by atoms with van der Waals surface area (Å²) in [5, 5.41) is 23.2. The molecule has 4 rings (SSSR count). The third-order valence-corrected chi connectivity index (χ3v) is 5.00. The van der Waals surface area contributed by atoms with Crippen molar-refractivity contribution >= 4 is 35.4 Å². The van der Waals surface area contributed by atoms with Gasteiger partial charge in [-0.1, -0.05) is 5.21 Å². The highest BCUT2D eigenvalue weighted by Gasteiger charge is 2.21. The van der Waals surface area contributed by atoms with E-state index in [1.165, 1.54) is 23.0 Å². The van der Waals surface area contributed by atoms with Crippen LogP contribution in [0.2, 0.25) is 0 Å². The number of nitrogens with one attached hydrogen (secondary N) is 3. The minimum Gasteiger partial charge on any atom is -0.444 e.